The maximum atomic E-state index is 14.1. The van der Waals surface area contributed by atoms with Crippen LogP contribution in [0.1, 0.15) is 44.5 Å². The van der Waals surface area contributed by atoms with Gasteiger partial charge in [0.05, 0.1) is 45.2 Å². The van der Waals surface area contributed by atoms with Crippen molar-refractivity contribution < 1.29 is 23.4 Å². The van der Waals surface area contributed by atoms with Gasteiger partial charge in [0.25, 0.3) is 0 Å². The average Bonchev–Trinajstić information content (AvgIpc) is 3.36. The number of methoxy groups -OCH3 is 2. The van der Waals surface area contributed by atoms with E-state index in [0.29, 0.717) is 35.6 Å². The molecule has 10 heteroatoms. The van der Waals surface area contributed by atoms with E-state index in [4.69, 9.17) is 14.2 Å². The number of morpholine rings is 1. The van der Waals surface area contributed by atoms with Crippen LogP contribution in [0.3, 0.4) is 0 Å². The fraction of sp³-hybridized carbons (Fsp3) is 0.500. The third kappa shape index (κ3) is 5.69. The minimum Gasteiger partial charge on any atom is -0.496 e. The van der Waals surface area contributed by atoms with E-state index in [0.717, 1.165) is 31.7 Å². The fourth-order valence-corrected chi connectivity index (χ4v) is 5.84. The van der Waals surface area contributed by atoms with Gasteiger partial charge in [-0.1, -0.05) is 19.9 Å². The highest BCUT2D eigenvalue weighted by atomic mass is 19.1. The van der Waals surface area contributed by atoms with Gasteiger partial charge in [0.15, 0.2) is 11.6 Å². The molecule has 5 rings (SSSR count). The molecule has 3 aromatic rings. The molecule has 2 saturated heterocycles. The summed E-state index contributed by atoms with van der Waals surface area (Å²) in [6.45, 7) is 6.43. The van der Waals surface area contributed by atoms with Crippen LogP contribution in [0, 0.1) is 11.7 Å². The molecule has 2 fully saturated rings. The van der Waals surface area contributed by atoms with Crippen LogP contribution in [-0.2, 0) is 22.4 Å². The summed E-state index contributed by atoms with van der Waals surface area (Å²) >= 11 is 0. The summed E-state index contributed by atoms with van der Waals surface area (Å²) < 4.78 is 33.3. The molecule has 2 bridgehead atoms. The van der Waals surface area contributed by atoms with E-state index in [-0.39, 0.29) is 29.7 Å². The number of aromatic nitrogens is 3. The zero-order valence-electron chi connectivity index (χ0n) is 23.6. The van der Waals surface area contributed by atoms with E-state index in [1.165, 1.54) is 47.4 Å². The van der Waals surface area contributed by atoms with Crippen LogP contribution in [0.2, 0.25) is 0 Å². The van der Waals surface area contributed by atoms with Crippen molar-refractivity contribution in [3.05, 3.63) is 64.1 Å². The molecule has 0 N–H and O–H groups in total. The van der Waals surface area contributed by atoms with E-state index >= 15 is 0 Å². The Morgan fingerprint density at radius 3 is 2.40 bits per heavy atom. The minimum absolute atomic E-state index is 0.00339. The molecule has 2 aliphatic rings. The number of hydrogen-bond donors (Lipinski definition) is 0. The van der Waals surface area contributed by atoms with Gasteiger partial charge in [-0.25, -0.2) is 13.8 Å². The Balaban J connectivity index is 1.47. The SMILES string of the molecule is COc1cc(-n2c(CC(=O)CC(C)C)nn(-c3ccc(CCN4C5CCC4COC5)c(OC)c3)c2=O)ccc1F. The lowest BCUT2D eigenvalue weighted by Crippen LogP contribution is -2.46. The zero-order chi connectivity index (χ0) is 28.4. The summed E-state index contributed by atoms with van der Waals surface area (Å²) in [7, 11) is 2.97. The summed E-state index contributed by atoms with van der Waals surface area (Å²) in [5.41, 5.74) is 1.45. The van der Waals surface area contributed by atoms with Crippen LogP contribution >= 0.6 is 0 Å². The first-order chi connectivity index (χ1) is 19.3. The van der Waals surface area contributed by atoms with Crippen molar-refractivity contribution in [2.45, 2.75) is 58.0 Å². The highest BCUT2D eigenvalue weighted by Crippen LogP contribution is 2.30. The highest BCUT2D eigenvalue weighted by molar-refractivity contribution is 5.80. The number of ketones is 1. The monoisotopic (exact) mass is 552 g/mol. The van der Waals surface area contributed by atoms with Crippen LogP contribution in [0.25, 0.3) is 11.4 Å². The third-order valence-electron chi connectivity index (χ3n) is 7.78. The highest BCUT2D eigenvalue weighted by Gasteiger charge is 2.36. The topological polar surface area (TPSA) is 87.8 Å². The fourth-order valence-electron chi connectivity index (χ4n) is 5.84. The van der Waals surface area contributed by atoms with E-state index in [1.807, 2.05) is 26.0 Å². The first-order valence-electron chi connectivity index (χ1n) is 13.9. The molecule has 40 heavy (non-hydrogen) atoms. The molecule has 3 heterocycles. The number of hydrogen-bond acceptors (Lipinski definition) is 7. The first-order valence-corrected chi connectivity index (χ1v) is 13.9. The van der Waals surface area contributed by atoms with Crippen LogP contribution in [0.15, 0.2) is 41.2 Å². The largest absolute Gasteiger partial charge is 0.496 e. The Hall–Kier alpha value is -3.50. The third-order valence-corrected chi connectivity index (χ3v) is 7.78. The standard InChI is InChI=1S/C30H37FN4O5/c1-19(2)13-25(36)16-29-32-35(30(37)34(29)21-9-10-26(31)28(14-21)39-4)22-6-5-20(27(15-22)38-3)11-12-33-23-7-8-24(33)18-40-17-23/h5-6,9-10,14-15,19,23-24H,7-8,11-13,16-18H2,1-4H3. The van der Waals surface area contributed by atoms with Gasteiger partial charge in [0.2, 0.25) is 0 Å². The lowest BCUT2D eigenvalue weighted by molar-refractivity contribution is -0.119. The molecule has 2 aliphatic heterocycles. The number of carbonyl (C=O) groups is 1. The van der Waals surface area contributed by atoms with Crippen LogP contribution in [0.4, 0.5) is 4.39 Å². The molecule has 2 unspecified atom stereocenters. The molecule has 9 nitrogen and oxygen atoms in total. The van der Waals surface area contributed by atoms with Gasteiger partial charge in [0, 0.05) is 37.2 Å². The van der Waals surface area contributed by atoms with E-state index in [1.54, 1.807) is 13.2 Å². The molecule has 0 saturated carbocycles. The molecule has 2 aromatic carbocycles. The number of benzene rings is 2. The molecule has 1 aromatic heterocycles. The number of ether oxygens (including phenoxy) is 3. The lowest BCUT2D eigenvalue weighted by Gasteiger charge is -2.34. The molecule has 0 spiro atoms. The van der Waals surface area contributed by atoms with Crippen molar-refractivity contribution in [1.82, 2.24) is 19.2 Å². The second kappa shape index (κ2) is 11.9. The maximum Gasteiger partial charge on any atom is 0.355 e. The number of nitrogens with zero attached hydrogens (tertiary/aromatic N) is 4. The van der Waals surface area contributed by atoms with Gasteiger partial charge < -0.3 is 14.2 Å². The predicted molar refractivity (Wildman–Crippen MR) is 148 cm³/mol. The zero-order valence-corrected chi connectivity index (χ0v) is 23.6. The Labute approximate surface area is 233 Å². The van der Waals surface area contributed by atoms with Gasteiger partial charge in [0.1, 0.15) is 17.4 Å². The maximum absolute atomic E-state index is 14.1. The molecule has 0 amide bonds. The summed E-state index contributed by atoms with van der Waals surface area (Å²) in [6, 6.07) is 10.7. The van der Waals surface area contributed by atoms with E-state index in [9.17, 15) is 14.0 Å². The summed E-state index contributed by atoms with van der Waals surface area (Å²) in [6.07, 6.45) is 3.49. The molecular formula is C30H37FN4O5. The van der Waals surface area contributed by atoms with Gasteiger partial charge in [-0.05, 0) is 48.9 Å². The number of fused-ring (bicyclic) bond motifs is 2. The summed E-state index contributed by atoms with van der Waals surface area (Å²) in [5, 5.41) is 4.57. The van der Waals surface area contributed by atoms with E-state index in [2.05, 4.69) is 10.00 Å². The second-order valence-corrected chi connectivity index (χ2v) is 11.0. The Morgan fingerprint density at radius 2 is 1.73 bits per heavy atom. The van der Waals surface area contributed by atoms with Crippen LogP contribution in [0.5, 0.6) is 11.5 Å². The summed E-state index contributed by atoms with van der Waals surface area (Å²) in [5.74, 6) is 0.527. The first kappa shape index (κ1) is 28.0. The van der Waals surface area contributed by atoms with Crippen molar-refractivity contribution >= 4 is 5.78 Å². The van der Waals surface area contributed by atoms with Gasteiger partial charge in [-0.2, -0.15) is 4.68 Å². The smallest absolute Gasteiger partial charge is 0.355 e. The van der Waals surface area contributed by atoms with Crippen molar-refractivity contribution in [1.29, 1.82) is 0 Å². The lowest BCUT2D eigenvalue weighted by atomic mass is 10.1. The molecule has 214 valence electrons. The van der Waals surface area contributed by atoms with E-state index < -0.39 is 11.5 Å². The van der Waals surface area contributed by atoms with Crippen molar-refractivity contribution in [2.75, 3.05) is 34.0 Å². The normalized spacial score (nSPS) is 18.9. The minimum atomic E-state index is -0.547. The Kier molecular flexibility index (Phi) is 8.37. The summed E-state index contributed by atoms with van der Waals surface area (Å²) in [4.78, 5) is 29.0. The van der Waals surface area contributed by atoms with Gasteiger partial charge in [-0.15, -0.1) is 5.10 Å². The number of Topliss-reactive ketones (excluding diaryl/α,β-unsaturated/α-hetero) is 1. The van der Waals surface area contributed by atoms with Crippen LogP contribution < -0.4 is 15.2 Å². The number of carbonyl (C=O) groups excluding carboxylic acids is 1. The second-order valence-electron chi connectivity index (χ2n) is 11.0. The average molecular weight is 553 g/mol. The molecular weight excluding hydrogens is 515 g/mol. The number of halogens is 1. The predicted octanol–water partition coefficient (Wildman–Crippen LogP) is 3.74. The Bertz CT molecular complexity index is 1420. The van der Waals surface area contributed by atoms with Crippen molar-refractivity contribution in [3.8, 4) is 22.9 Å². The van der Waals surface area contributed by atoms with Gasteiger partial charge in [-0.3, -0.25) is 9.69 Å². The van der Waals surface area contributed by atoms with Crippen molar-refractivity contribution in [2.24, 2.45) is 5.92 Å². The quantitative estimate of drug-likeness (QED) is 0.358. The van der Waals surface area contributed by atoms with Gasteiger partial charge >= 0.3 is 5.69 Å². The number of rotatable bonds is 11. The van der Waals surface area contributed by atoms with Crippen molar-refractivity contribution in [3.63, 3.8) is 0 Å². The Morgan fingerprint density at radius 1 is 1.05 bits per heavy atom. The molecule has 2 atom stereocenters. The molecule has 0 aliphatic carbocycles. The van der Waals surface area contributed by atoms with Crippen LogP contribution in [-0.4, -0.2) is 71.1 Å². The molecule has 0 radical (unpaired) electrons.